The summed E-state index contributed by atoms with van der Waals surface area (Å²) in [7, 11) is 3.02. The second kappa shape index (κ2) is 5.95. The lowest BCUT2D eigenvalue weighted by Gasteiger charge is -2.09. The molecule has 0 unspecified atom stereocenters. The fraction of sp³-hybridized carbons (Fsp3) is 0.200. The van der Waals surface area contributed by atoms with Gasteiger partial charge in [0.1, 0.15) is 0 Å². The van der Waals surface area contributed by atoms with Gasteiger partial charge >= 0.3 is 6.03 Å². The van der Waals surface area contributed by atoms with E-state index >= 15 is 0 Å². The van der Waals surface area contributed by atoms with E-state index in [2.05, 4.69) is 10.5 Å². The molecule has 1 aromatic carbocycles. The third kappa shape index (κ3) is 3.53. The van der Waals surface area contributed by atoms with Crippen LogP contribution in [-0.2, 0) is 0 Å². The number of nitrogens with one attached hydrogen (secondary N) is 1. The molecule has 0 heterocycles. The normalized spacial score (nSPS) is 10.3. The van der Waals surface area contributed by atoms with Crippen molar-refractivity contribution in [2.24, 2.45) is 10.8 Å². The van der Waals surface area contributed by atoms with Crippen LogP contribution in [-0.4, -0.2) is 26.5 Å². The molecule has 0 fully saturated rings. The van der Waals surface area contributed by atoms with Crippen molar-refractivity contribution in [3.05, 3.63) is 22.7 Å². The number of ether oxygens (including phenoxy) is 2. The highest BCUT2D eigenvalue weighted by Gasteiger charge is 2.08. The molecule has 2 amide bonds. The lowest BCUT2D eigenvalue weighted by atomic mass is 10.2. The van der Waals surface area contributed by atoms with Gasteiger partial charge in [-0.1, -0.05) is 11.6 Å². The predicted octanol–water partition coefficient (Wildman–Crippen LogP) is 1.36. The highest BCUT2D eigenvalue weighted by Crippen LogP contribution is 2.32. The van der Waals surface area contributed by atoms with Gasteiger partial charge in [0.15, 0.2) is 11.5 Å². The standard InChI is InChI=1S/C10H12ClN3O3/c1-16-8-3-6(5-13-14-10(12)15)7(11)4-9(8)17-2/h3-5H,1-2H3,(H3,12,14,15). The van der Waals surface area contributed by atoms with Gasteiger partial charge in [-0.05, 0) is 6.07 Å². The molecule has 17 heavy (non-hydrogen) atoms. The zero-order valence-electron chi connectivity index (χ0n) is 9.36. The van der Waals surface area contributed by atoms with Crippen molar-refractivity contribution in [2.75, 3.05) is 14.2 Å². The number of carbonyl (C=O) groups excluding carboxylic acids is 1. The molecule has 0 atom stereocenters. The van der Waals surface area contributed by atoms with Crippen molar-refractivity contribution in [1.82, 2.24) is 5.43 Å². The first-order valence-electron chi connectivity index (χ1n) is 4.58. The maximum atomic E-state index is 10.4. The Morgan fingerprint density at radius 3 is 2.53 bits per heavy atom. The van der Waals surface area contributed by atoms with Gasteiger partial charge in [0.25, 0.3) is 0 Å². The van der Waals surface area contributed by atoms with Crippen LogP contribution in [0.4, 0.5) is 4.79 Å². The minimum absolute atomic E-state index is 0.415. The number of carbonyl (C=O) groups is 1. The molecule has 3 N–H and O–H groups in total. The maximum absolute atomic E-state index is 10.4. The number of rotatable bonds is 4. The molecule has 0 aromatic heterocycles. The van der Waals surface area contributed by atoms with Crippen LogP contribution in [0.3, 0.4) is 0 Å². The lowest BCUT2D eigenvalue weighted by Crippen LogP contribution is -2.24. The fourth-order valence-corrected chi connectivity index (χ4v) is 1.34. The zero-order valence-corrected chi connectivity index (χ0v) is 10.1. The molecule has 7 heteroatoms. The molecule has 1 aromatic rings. The largest absolute Gasteiger partial charge is 0.493 e. The van der Waals surface area contributed by atoms with Crippen LogP contribution in [0, 0.1) is 0 Å². The second-order valence-corrected chi connectivity index (χ2v) is 3.37. The SMILES string of the molecule is COc1cc(Cl)c(C=NNC(N)=O)cc1OC. The van der Waals surface area contributed by atoms with Gasteiger partial charge in [-0.3, -0.25) is 0 Å². The number of hydrogen-bond acceptors (Lipinski definition) is 4. The van der Waals surface area contributed by atoms with E-state index in [9.17, 15) is 4.79 Å². The summed E-state index contributed by atoms with van der Waals surface area (Å²) >= 11 is 5.98. The van der Waals surface area contributed by atoms with E-state index in [1.807, 2.05) is 0 Å². The van der Waals surface area contributed by atoms with Crippen LogP contribution in [0.5, 0.6) is 11.5 Å². The molecule has 0 radical (unpaired) electrons. The minimum Gasteiger partial charge on any atom is -0.493 e. The average Bonchev–Trinajstić information content (AvgIpc) is 2.30. The van der Waals surface area contributed by atoms with E-state index in [0.717, 1.165) is 0 Å². The molecule has 92 valence electrons. The summed E-state index contributed by atoms with van der Waals surface area (Å²) in [4.78, 5) is 10.4. The van der Waals surface area contributed by atoms with Crippen LogP contribution in [0.25, 0.3) is 0 Å². The summed E-state index contributed by atoms with van der Waals surface area (Å²) < 4.78 is 10.2. The minimum atomic E-state index is -0.752. The molecule has 0 aliphatic heterocycles. The average molecular weight is 258 g/mol. The highest BCUT2D eigenvalue weighted by atomic mass is 35.5. The molecule has 0 aliphatic carbocycles. The van der Waals surface area contributed by atoms with E-state index in [1.165, 1.54) is 20.4 Å². The Balaban J connectivity index is 3.00. The quantitative estimate of drug-likeness (QED) is 0.631. The molecule has 0 aliphatic rings. The second-order valence-electron chi connectivity index (χ2n) is 2.96. The van der Waals surface area contributed by atoms with Gasteiger partial charge in [-0.2, -0.15) is 5.10 Å². The van der Waals surface area contributed by atoms with Gasteiger partial charge < -0.3 is 15.2 Å². The van der Waals surface area contributed by atoms with Crippen molar-refractivity contribution >= 4 is 23.8 Å². The van der Waals surface area contributed by atoms with Gasteiger partial charge in [-0.25, -0.2) is 10.2 Å². The fourth-order valence-electron chi connectivity index (χ4n) is 1.13. The number of hydrogen-bond donors (Lipinski definition) is 2. The molecule has 0 saturated carbocycles. The number of halogens is 1. The summed E-state index contributed by atoms with van der Waals surface area (Å²) in [5, 5.41) is 4.02. The zero-order chi connectivity index (χ0) is 12.8. The number of methoxy groups -OCH3 is 2. The molecule has 0 spiro atoms. The van der Waals surface area contributed by atoms with Gasteiger partial charge in [-0.15, -0.1) is 0 Å². The smallest absolute Gasteiger partial charge is 0.332 e. The summed E-state index contributed by atoms with van der Waals surface area (Å²) in [6.07, 6.45) is 1.36. The Kier molecular flexibility index (Phi) is 4.59. The molecule has 1 rings (SSSR count). The number of hydrazone groups is 1. The Labute approximate surface area is 103 Å². The van der Waals surface area contributed by atoms with Crippen LogP contribution in [0.1, 0.15) is 5.56 Å². The van der Waals surface area contributed by atoms with E-state index < -0.39 is 6.03 Å². The Morgan fingerprint density at radius 1 is 1.41 bits per heavy atom. The van der Waals surface area contributed by atoms with Gasteiger partial charge in [0.05, 0.1) is 25.5 Å². The summed E-state index contributed by atoms with van der Waals surface area (Å²) in [6, 6.07) is 2.47. The number of nitrogens with two attached hydrogens (primary N) is 1. The first kappa shape index (κ1) is 13.1. The number of benzene rings is 1. The van der Waals surface area contributed by atoms with Crippen molar-refractivity contribution in [3.8, 4) is 11.5 Å². The summed E-state index contributed by atoms with van der Waals surface area (Å²) in [5.41, 5.74) is 7.49. The molecule has 6 nitrogen and oxygen atoms in total. The van der Waals surface area contributed by atoms with E-state index in [4.69, 9.17) is 26.8 Å². The topological polar surface area (TPSA) is 85.9 Å². The van der Waals surface area contributed by atoms with Crippen molar-refractivity contribution in [3.63, 3.8) is 0 Å². The van der Waals surface area contributed by atoms with E-state index in [1.54, 1.807) is 12.1 Å². The third-order valence-electron chi connectivity index (χ3n) is 1.88. The number of amides is 2. The molecular weight excluding hydrogens is 246 g/mol. The lowest BCUT2D eigenvalue weighted by molar-refractivity contribution is 0.249. The molecule has 0 bridgehead atoms. The van der Waals surface area contributed by atoms with Crippen LogP contribution < -0.4 is 20.6 Å². The third-order valence-corrected chi connectivity index (χ3v) is 2.21. The Morgan fingerprint density at radius 2 is 2.00 bits per heavy atom. The van der Waals surface area contributed by atoms with Crippen LogP contribution >= 0.6 is 11.6 Å². The number of primary amides is 1. The van der Waals surface area contributed by atoms with Gasteiger partial charge in [0.2, 0.25) is 0 Å². The van der Waals surface area contributed by atoms with Crippen LogP contribution in [0.15, 0.2) is 17.2 Å². The van der Waals surface area contributed by atoms with E-state index in [0.29, 0.717) is 22.1 Å². The molecular formula is C10H12ClN3O3. The highest BCUT2D eigenvalue weighted by molar-refractivity contribution is 6.33. The van der Waals surface area contributed by atoms with Crippen LogP contribution in [0.2, 0.25) is 5.02 Å². The number of nitrogens with zero attached hydrogens (tertiary/aromatic N) is 1. The monoisotopic (exact) mass is 257 g/mol. The Bertz CT molecular complexity index is 449. The predicted molar refractivity (Wildman–Crippen MR) is 64.9 cm³/mol. The molecule has 0 saturated heterocycles. The first-order chi connectivity index (χ1) is 8.08. The maximum Gasteiger partial charge on any atom is 0.332 e. The summed E-state index contributed by atoms with van der Waals surface area (Å²) in [5.74, 6) is 1.02. The van der Waals surface area contributed by atoms with Crippen molar-refractivity contribution in [1.29, 1.82) is 0 Å². The van der Waals surface area contributed by atoms with E-state index in [-0.39, 0.29) is 0 Å². The van der Waals surface area contributed by atoms with Crippen molar-refractivity contribution < 1.29 is 14.3 Å². The van der Waals surface area contributed by atoms with Crippen molar-refractivity contribution in [2.45, 2.75) is 0 Å². The summed E-state index contributed by atoms with van der Waals surface area (Å²) in [6.45, 7) is 0. The van der Waals surface area contributed by atoms with Gasteiger partial charge in [0, 0.05) is 11.6 Å². The Hall–Kier alpha value is -1.95. The number of urea groups is 1. The first-order valence-corrected chi connectivity index (χ1v) is 4.96.